The van der Waals surface area contributed by atoms with Crippen LogP contribution in [0.1, 0.15) is 24.0 Å². The van der Waals surface area contributed by atoms with Gasteiger partial charge in [0.05, 0.1) is 18.4 Å². The number of hydrogen-bond donors (Lipinski definition) is 4. The summed E-state index contributed by atoms with van der Waals surface area (Å²) in [6.45, 7) is 1.72. The summed E-state index contributed by atoms with van der Waals surface area (Å²) >= 11 is 0. The summed E-state index contributed by atoms with van der Waals surface area (Å²) in [6, 6.07) is 2.07. The molecule has 0 saturated carbocycles. The number of rotatable bonds is 8. The summed E-state index contributed by atoms with van der Waals surface area (Å²) in [4.78, 5) is 45.9. The molecular weight excluding hydrogens is 370 g/mol. The molecule has 0 saturated heterocycles. The molecule has 0 aliphatic carbocycles. The van der Waals surface area contributed by atoms with E-state index in [0.717, 1.165) is 6.07 Å². The molecular formula is C18H20N3O7-. The van der Waals surface area contributed by atoms with Gasteiger partial charge in [-0.05, 0) is 37.5 Å². The number of amides is 3. The second-order valence-corrected chi connectivity index (χ2v) is 6.23. The predicted octanol–water partition coefficient (Wildman–Crippen LogP) is -0.967. The first-order chi connectivity index (χ1) is 13.2. The van der Waals surface area contributed by atoms with E-state index in [9.17, 15) is 29.4 Å². The Kier molecular flexibility index (Phi) is 6.59. The van der Waals surface area contributed by atoms with Crippen molar-refractivity contribution in [1.29, 1.82) is 0 Å². The third-order valence-corrected chi connectivity index (χ3v) is 4.16. The predicted molar refractivity (Wildman–Crippen MR) is 96.3 cm³/mol. The van der Waals surface area contributed by atoms with Crippen molar-refractivity contribution in [2.45, 2.75) is 32.2 Å². The van der Waals surface area contributed by atoms with Crippen LogP contribution in [-0.4, -0.2) is 35.6 Å². The summed E-state index contributed by atoms with van der Waals surface area (Å²) in [5.74, 6) is -2.15. The lowest BCUT2D eigenvalue weighted by Gasteiger charge is -2.20. The summed E-state index contributed by atoms with van der Waals surface area (Å²) in [6.07, 6.45) is 0.0207. The highest BCUT2D eigenvalue weighted by molar-refractivity contribution is 5.90. The Morgan fingerprint density at radius 1 is 1.32 bits per heavy atom. The van der Waals surface area contributed by atoms with Crippen molar-refractivity contribution in [3.8, 4) is 5.75 Å². The zero-order valence-electron chi connectivity index (χ0n) is 15.1. The summed E-state index contributed by atoms with van der Waals surface area (Å²) < 4.78 is 5.10. The molecule has 28 heavy (non-hydrogen) atoms. The smallest absolute Gasteiger partial charge is 0.336 e. The fourth-order valence-electron chi connectivity index (χ4n) is 2.75. The molecule has 10 nitrogen and oxygen atoms in total. The standard InChI is InChI=1S/C18H21N3O7/c1-9-13(22)5-4-11-10(8-15(24)28-16(9)11)7-14(23)21-12(17(25)26)3-2-6-20-18(19)27/h4-5,8,12,22H,2-3,6-7H2,1H3,(H,21,23)(H,25,26)(H3,19,20,27)/p-1/t12-/m0/s1. The van der Waals surface area contributed by atoms with Gasteiger partial charge in [0, 0.05) is 23.6 Å². The molecule has 5 N–H and O–H groups in total. The van der Waals surface area contributed by atoms with Crippen molar-refractivity contribution in [3.63, 3.8) is 0 Å². The number of phenols is 1. The minimum absolute atomic E-state index is 0.0268. The number of carboxylic acid groups (broad SMARTS) is 1. The Morgan fingerprint density at radius 3 is 2.68 bits per heavy atom. The highest BCUT2D eigenvalue weighted by Crippen LogP contribution is 2.27. The average molecular weight is 390 g/mol. The van der Waals surface area contributed by atoms with Crippen LogP contribution >= 0.6 is 0 Å². The van der Waals surface area contributed by atoms with Crippen LogP contribution in [-0.2, 0) is 16.0 Å². The molecule has 0 radical (unpaired) electrons. The number of aryl methyl sites for hydroxylation is 1. The minimum atomic E-state index is -1.47. The minimum Gasteiger partial charge on any atom is -0.548 e. The van der Waals surface area contributed by atoms with Gasteiger partial charge < -0.3 is 35.8 Å². The number of fused-ring (bicyclic) bond motifs is 1. The summed E-state index contributed by atoms with van der Waals surface area (Å²) in [7, 11) is 0. The van der Waals surface area contributed by atoms with Crippen LogP contribution in [0.15, 0.2) is 27.4 Å². The number of primary amides is 1. The van der Waals surface area contributed by atoms with E-state index in [-0.39, 0.29) is 37.1 Å². The van der Waals surface area contributed by atoms with Gasteiger partial charge in [0.25, 0.3) is 0 Å². The van der Waals surface area contributed by atoms with E-state index in [1.807, 2.05) is 0 Å². The quantitative estimate of drug-likeness (QED) is 0.331. The highest BCUT2D eigenvalue weighted by Gasteiger charge is 2.17. The number of nitrogens with two attached hydrogens (primary N) is 1. The van der Waals surface area contributed by atoms with E-state index < -0.39 is 29.6 Å². The molecule has 10 heteroatoms. The highest BCUT2D eigenvalue weighted by atomic mass is 16.4. The fourth-order valence-corrected chi connectivity index (χ4v) is 2.75. The number of urea groups is 1. The van der Waals surface area contributed by atoms with Crippen LogP contribution in [0.2, 0.25) is 0 Å². The van der Waals surface area contributed by atoms with Gasteiger partial charge in [-0.2, -0.15) is 0 Å². The topological polar surface area (TPSA) is 175 Å². The molecule has 0 bridgehead atoms. The lowest BCUT2D eigenvalue weighted by atomic mass is 10.0. The van der Waals surface area contributed by atoms with Crippen LogP contribution in [0.5, 0.6) is 5.75 Å². The summed E-state index contributed by atoms with van der Waals surface area (Å²) in [5.41, 5.74) is 5.06. The SMILES string of the molecule is Cc1c(O)ccc2c(CC(=O)N[C@@H](CCCNC(N)=O)C(=O)[O-])cc(=O)oc12. The first-order valence-electron chi connectivity index (χ1n) is 8.48. The van der Waals surface area contributed by atoms with E-state index >= 15 is 0 Å². The number of benzene rings is 1. The number of aliphatic carboxylic acids is 1. The van der Waals surface area contributed by atoms with Gasteiger partial charge in [0.1, 0.15) is 11.3 Å². The molecule has 0 aliphatic heterocycles. The Labute approximate surface area is 159 Å². The van der Waals surface area contributed by atoms with E-state index in [4.69, 9.17) is 10.2 Å². The maximum Gasteiger partial charge on any atom is 0.336 e. The largest absolute Gasteiger partial charge is 0.548 e. The molecule has 0 aliphatic rings. The molecule has 0 unspecified atom stereocenters. The lowest BCUT2D eigenvalue weighted by Crippen LogP contribution is -2.48. The lowest BCUT2D eigenvalue weighted by molar-refractivity contribution is -0.308. The maximum absolute atomic E-state index is 12.3. The van der Waals surface area contributed by atoms with Crippen molar-refractivity contribution in [3.05, 3.63) is 39.7 Å². The Bertz CT molecular complexity index is 968. The first-order valence-corrected chi connectivity index (χ1v) is 8.48. The van der Waals surface area contributed by atoms with Crippen molar-refractivity contribution in [2.75, 3.05) is 6.54 Å². The molecule has 0 fully saturated rings. The number of carboxylic acids is 1. The molecule has 3 amide bonds. The third kappa shape index (κ3) is 5.22. The van der Waals surface area contributed by atoms with Crippen LogP contribution in [0.3, 0.4) is 0 Å². The van der Waals surface area contributed by atoms with E-state index in [2.05, 4.69) is 10.6 Å². The van der Waals surface area contributed by atoms with Gasteiger partial charge in [-0.15, -0.1) is 0 Å². The number of carbonyl (C=O) groups is 3. The van der Waals surface area contributed by atoms with Gasteiger partial charge in [0.2, 0.25) is 5.91 Å². The van der Waals surface area contributed by atoms with Gasteiger partial charge >= 0.3 is 11.7 Å². The second kappa shape index (κ2) is 8.89. The second-order valence-electron chi connectivity index (χ2n) is 6.23. The van der Waals surface area contributed by atoms with Crippen molar-refractivity contribution in [1.82, 2.24) is 10.6 Å². The monoisotopic (exact) mass is 390 g/mol. The number of phenolic OH excluding ortho intramolecular Hbond substituents is 1. The van der Waals surface area contributed by atoms with Gasteiger partial charge in [-0.3, -0.25) is 4.79 Å². The molecule has 0 spiro atoms. The number of carbonyl (C=O) groups excluding carboxylic acids is 3. The Hall–Kier alpha value is -3.56. The number of hydrogen-bond acceptors (Lipinski definition) is 7. The van der Waals surface area contributed by atoms with Gasteiger partial charge in [-0.1, -0.05) is 0 Å². The number of aromatic hydroxyl groups is 1. The van der Waals surface area contributed by atoms with Crippen molar-refractivity contribution < 1.29 is 29.0 Å². The molecule has 2 rings (SSSR count). The average Bonchev–Trinajstić information content (AvgIpc) is 2.60. The number of nitrogens with one attached hydrogen (secondary N) is 2. The van der Waals surface area contributed by atoms with E-state index in [1.54, 1.807) is 6.92 Å². The normalized spacial score (nSPS) is 11.8. The zero-order valence-corrected chi connectivity index (χ0v) is 15.1. The molecule has 1 heterocycles. The zero-order chi connectivity index (χ0) is 20.8. The molecule has 150 valence electrons. The van der Waals surface area contributed by atoms with E-state index in [0.29, 0.717) is 16.5 Å². The van der Waals surface area contributed by atoms with Gasteiger partial charge in [0.15, 0.2) is 0 Å². The molecule has 1 aromatic carbocycles. The van der Waals surface area contributed by atoms with Crippen LogP contribution in [0.4, 0.5) is 4.79 Å². The summed E-state index contributed by atoms with van der Waals surface area (Å²) in [5, 5.41) is 26.1. The first kappa shape index (κ1) is 20.7. The molecule has 2 aromatic rings. The van der Waals surface area contributed by atoms with Gasteiger partial charge in [-0.25, -0.2) is 9.59 Å². The molecule has 1 atom stereocenters. The molecule has 1 aromatic heterocycles. The van der Waals surface area contributed by atoms with Crippen LogP contribution in [0, 0.1) is 6.92 Å². The fraction of sp³-hybridized carbons (Fsp3) is 0.333. The third-order valence-electron chi connectivity index (χ3n) is 4.16. The maximum atomic E-state index is 12.3. The Morgan fingerprint density at radius 2 is 2.04 bits per heavy atom. The van der Waals surface area contributed by atoms with Crippen LogP contribution in [0.25, 0.3) is 11.0 Å². The van der Waals surface area contributed by atoms with Crippen molar-refractivity contribution >= 4 is 28.9 Å². The Balaban J connectivity index is 2.13. The van der Waals surface area contributed by atoms with Crippen LogP contribution < -0.4 is 27.1 Å². The van der Waals surface area contributed by atoms with Crippen molar-refractivity contribution in [2.24, 2.45) is 5.73 Å². The van der Waals surface area contributed by atoms with E-state index in [1.165, 1.54) is 12.1 Å².